The smallest absolute Gasteiger partial charge is 0.362 e. The maximum absolute atomic E-state index is 10.6. The van der Waals surface area contributed by atoms with Crippen molar-refractivity contribution in [3.63, 3.8) is 0 Å². The van der Waals surface area contributed by atoms with E-state index in [1.165, 1.54) is 0 Å². The van der Waals surface area contributed by atoms with Crippen molar-refractivity contribution in [1.82, 2.24) is 0 Å². The molecule has 3 heteroatoms. The number of rotatable bonds is 4. The van der Waals surface area contributed by atoms with Crippen LogP contribution in [0, 0.1) is 0 Å². The van der Waals surface area contributed by atoms with Crippen molar-refractivity contribution in [1.29, 1.82) is 0 Å². The van der Waals surface area contributed by atoms with Crippen molar-refractivity contribution in [2.45, 2.75) is 26.8 Å². The first-order chi connectivity index (χ1) is 4.98. The third kappa shape index (κ3) is 2.19. The van der Waals surface area contributed by atoms with Crippen LogP contribution in [0.2, 0.25) is 0 Å². The summed E-state index contributed by atoms with van der Waals surface area (Å²) in [4.78, 5) is 10.6. The van der Waals surface area contributed by atoms with Gasteiger partial charge < -0.3 is 9.59 Å². The zero-order chi connectivity index (χ0) is 9.07. The number of aliphatic carboxylic acids is 1. The van der Waals surface area contributed by atoms with Crippen LogP contribution in [0.25, 0.3) is 0 Å². The molecular weight excluding hydrogens is 142 g/mol. The van der Waals surface area contributed by atoms with Crippen molar-refractivity contribution in [2.24, 2.45) is 0 Å². The van der Waals surface area contributed by atoms with E-state index in [-0.39, 0.29) is 6.04 Å². The van der Waals surface area contributed by atoms with Gasteiger partial charge in [-0.3, -0.25) is 0 Å². The van der Waals surface area contributed by atoms with Crippen molar-refractivity contribution in [3.8, 4) is 0 Å². The van der Waals surface area contributed by atoms with E-state index >= 15 is 0 Å². The van der Waals surface area contributed by atoms with Crippen LogP contribution in [0.5, 0.6) is 0 Å². The number of likely N-dealkylation sites (N-methyl/N-ethyl adjacent to an activating group) is 1. The van der Waals surface area contributed by atoms with E-state index in [0.29, 0.717) is 4.48 Å². The molecule has 0 radical (unpaired) electrons. The van der Waals surface area contributed by atoms with Gasteiger partial charge >= 0.3 is 5.97 Å². The predicted octanol–water partition coefficient (Wildman–Crippen LogP) is 0.946. The normalized spacial score (nSPS) is 14.5. The van der Waals surface area contributed by atoms with E-state index in [2.05, 4.69) is 0 Å². The second-order valence-corrected chi connectivity index (χ2v) is 3.13. The molecule has 0 bridgehead atoms. The van der Waals surface area contributed by atoms with Gasteiger partial charge in [-0.15, -0.1) is 0 Å². The van der Waals surface area contributed by atoms with Gasteiger partial charge in [-0.05, 0) is 20.8 Å². The fourth-order valence-electron chi connectivity index (χ4n) is 1.04. The van der Waals surface area contributed by atoms with Crippen molar-refractivity contribution >= 4 is 5.97 Å². The highest BCUT2D eigenvalue weighted by molar-refractivity contribution is 5.71. The number of quaternary nitrogens is 1. The zero-order valence-electron chi connectivity index (χ0n) is 7.79. The molecule has 0 spiro atoms. The highest BCUT2D eigenvalue weighted by Gasteiger charge is 2.30. The number of carboxylic acid groups (broad SMARTS) is 1. The molecule has 3 nitrogen and oxygen atoms in total. The average molecular weight is 160 g/mol. The van der Waals surface area contributed by atoms with Crippen molar-refractivity contribution in [2.75, 3.05) is 20.1 Å². The lowest BCUT2D eigenvalue weighted by Crippen LogP contribution is -2.54. The Kier molecular flexibility index (Phi) is 3.52. The predicted molar refractivity (Wildman–Crippen MR) is 44.4 cm³/mol. The van der Waals surface area contributed by atoms with Crippen LogP contribution in [0.4, 0.5) is 0 Å². The van der Waals surface area contributed by atoms with E-state index in [4.69, 9.17) is 5.11 Å². The lowest BCUT2D eigenvalue weighted by Gasteiger charge is -2.35. The summed E-state index contributed by atoms with van der Waals surface area (Å²) in [6.07, 6.45) is 0. The summed E-state index contributed by atoms with van der Waals surface area (Å²) in [5.74, 6) is -0.712. The number of carboxylic acids is 1. The van der Waals surface area contributed by atoms with Crippen molar-refractivity contribution < 1.29 is 14.4 Å². The third-order valence-corrected chi connectivity index (χ3v) is 2.74. The second-order valence-electron chi connectivity index (χ2n) is 3.13. The third-order valence-electron chi connectivity index (χ3n) is 2.74. The Bertz CT molecular complexity index is 141. The minimum Gasteiger partial charge on any atom is -0.477 e. The fraction of sp³-hybridized carbons (Fsp3) is 0.875. The molecule has 1 unspecified atom stereocenters. The van der Waals surface area contributed by atoms with Crippen molar-refractivity contribution in [3.05, 3.63) is 0 Å². The topological polar surface area (TPSA) is 37.3 Å². The van der Waals surface area contributed by atoms with Gasteiger partial charge in [-0.2, -0.15) is 0 Å². The molecule has 0 aliphatic heterocycles. The summed E-state index contributed by atoms with van der Waals surface area (Å²) in [5.41, 5.74) is 0. The molecule has 0 aliphatic carbocycles. The quantitative estimate of drug-likeness (QED) is 0.622. The summed E-state index contributed by atoms with van der Waals surface area (Å²) < 4.78 is 0.606. The van der Waals surface area contributed by atoms with E-state index in [1.54, 1.807) is 6.92 Å². The van der Waals surface area contributed by atoms with Crippen LogP contribution in [-0.2, 0) is 4.79 Å². The SMILES string of the molecule is CC[N+](C)(CC)C(C)C(=O)O. The van der Waals surface area contributed by atoms with Gasteiger partial charge in [0.2, 0.25) is 0 Å². The van der Waals surface area contributed by atoms with Gasteiger partial charge in [0.05, 0.1) is 20.1 Å². The molecule has 1 N–H and O–H groups in total. The van der Waals surface area contributed by atoms with E-state index in [9.17, 15) is 4.79 Å². The molecule has 0 rings (SSSR count). The van der Waals surface area contributed by atoms with Crippen LogP contribution in [0.1, 0.15) is 20.8 Å². The number of carbonyl (C=O) groups is 1. The van der Waals surface area contributed by atoms with Gasteiger partial charge in [-0.1, -0.05) is 0 Å². The Hall–Kier alpha value is -0.570. The maximum Gasteiger partial charge on any atom is 0.362 e. The molecule has 66 valence electrons. The van der Waals surface area contributed by atoms with Crippen LogP contribution in [0.15, 0.2) is 0 Å². The fourth-order valence-corrected chi connectivity index (χ4v) is 1.04. The Labute approximate surface area is 68.2 Å². The molecule has 0 heterocycles. The molecule has 0 fully saturated rings. The molecule has 0 aliphatic rings. The lowest BCUT2D eigenvalue weighted by atomic mass is 10.2. The highest BCUT2D eigenvalue weighted by atomic mass is 16.4. The molecule has 0 saturated carbocycles. The highest BCUT2D eigenvalue weighted by Crippen LogP contribution is 2.08. The van der Waals surface area contributed by atoms with Gasteiger partial charge in [0.1, 0.15) is 0 Å². The first-order valence-electron chi connectivity index (χ1n) is 4.05. The van der Waals surface area contributed by atoms with Gasteiger partial charge in [0, 0.05) is 0 Å². The van der Waals surface area contributed by atoms with Crippen LogP contribution in [0.3, 0.4) is 0 Å². The molecule has 0 amide bonds. The minimum atomic E-state index is -0.712. The summed E-state index contributed by atoms with van der Waals surface area (Å²) in [6, 6.07) is -0.301. The summed E-state index contributed by atoms with van der Waals surface area (Å²) in [7, 11) is 1.97. The Morgan fingerprint density at radius 1 is 1.45 bits per heavy atom. The lowest BCUT2D eigenvalue weighted by molar-refractivity contribution is -0.920. The molecular formula is C8H18NO2+. The van der Waals surface area contributed by atoms with E-state index < -0.39 is 5.97 Å². The van der Waals surface area contributed by atoms with Gasteiger partial charge in [0.15, 0.2) is 6.04 Å². The van der Waals surface area contributed by atoms with E-state index in [0.717, 1.165) is 13.1 Å². The zero-order valence-corrected chi connectivity index (χ0v) is 7.79. The molecule has 11 heavy (non-hydrogen) atoms. The number of hydrogen-bond acceptors (Lipinski definition) is 1. The second kappa shape index (κ2) is 3.72. The Balaban J connectivity index is 4.36. The largest absolute Gasteiger partial charge is 0.477 e. The van der Waals surface area contributed by atoms with Gasteiger partial charge in [0.25, 0.3) is 0 Å². The summed E-state index contributed by atoms with van der Waals surface area (Å²) in [6.45, 7) is 7.52. The van der Waals surface area contributed by atoms with E-state index in [1.807, 2.05) is 20.9 Å². The molecule has 0 aromatic rings. The minimum absolute atomic E-state index is 0.301. The van der Waals surface area contributed by atoms with Crippen LogP contribution >= 0.6 is 0 Å². The Morgan fingerprint density at radius 2 is 1.82 bits per heavy atom. The van der Waals surface area contributed by atoms with Crippen LogP contribution < -0.4 is 0 Å². The monoisotopic (exact) mass is 160 g/mol. The number of hydrogen-bond donors (Lipinski definition) is 1. The standard InChI is InChI=1S/C8H17NO2/c1-5-9(4,6-2)7(3)8(10)11/h7H,5-6H2,1-4H3/p+1. The molecule has 0 aromatic carbocycles. The summed E-state index contributed by atoms with van der Waals surface area (Å²) in [5, 5.41) is 8.76. The van der Waals surface area contributed by atoms with Gasteiger partial charge in [-0.25, -0.2) is 4.79 Å². The Morgan fingerprint density at radius 3 is 1.91 bits per heavy atom. The summed E-state index contributed by atoms with van der Waals surface area (Å²) >= 11 is 0. The first-order valence-corrected chi connectivity index (χ1v) is 4.05. The molecule has 0 aromatic heterocycles. The maximum atomic E-state index is 10.6. The first kappa shape index (κ1) is 10.4. The average Bonchev–Trinajstić information content (AvgIpc) is 2.01. The van der Waals surface area contributed by atoms with Crippen LogP contribution in [-0.4, -0.2) is 41.7 Å². The molecule has 0 saturated heterocycles. The molecule has 1 atom stereocenters. The number of nitrogens with zero attached hydrogens (tertiary/aromatic N) is 1.